The molecule has 0 aliphatic rings. The number of hydrogen-bond acceptors (Lipinski definition) is 4. The molecule has 2 aromatic carbocycles. The van der Waals surface area contributed by atoms with Crippen LogP contribution < -0.4 is 5.32 Å². The summed E-state index contributed by atoms with van der Waals surface area (Å²) in [5.41, 5.74) is 1.59. The molecule has 0 aromatic heterocycles. The van der Waals surface area contributed by atoms with Gasteiger partial charge in [0.15, 0.2) is 5.78 Å². The Labute approximate surface area is 128 Å². The largest absolute Gasteiger partial charge is 0.508 e. The lowest BCUT2D eigenvalue weighted by Crippen LogP contribution is -2.13. The van der Waals surface area contributed by atoms with Crippen molar-refractivity contribution in [3.63, 3.8) is 0 Å². The third-order valence-electron chi connectivity index (χ3n) is 3.36. The molecule has 0 fully saturated rings. The molecule has 3 N–H and O–H groups in total. The number of amides is 1. The molecule has 0 atom stereocenters. The van der Waals surface area contributed by atoms with Gasteiger partial charge in [-0.2, -0.15) is 0 Å². The van der Waals surface area contributed by atoms with Crippen molar-refractivity contribution in [2.75, 3.05) is 5.32 Å². The molecule has 0 spiro atoms. The summed E-state index contributed by atoms with van der Waals surface area (Å²) in [5.74, 6) is -0.802. The number of ketones is 1. The number of aryl methyl sites for hydroxylation is 1. The first-order valence-electron chi connectivity index (χ1n) is 6.89. The van der Waals surface area contributed by atoms with Crippen LogP contribution in [0.15, 0.2) is 36.4 Å². The molecule has 114 valence electrons. The number of rotatable bonds is 4. The standard InChI is InChI=1S/C17H17NO4/c1-3-11-8-14(16(21)9-15(11)20)18-17(22)13-6-4-5-12(7-13)10(2)19/h4-9,20-21H,3H2,1-2H3,(H,18,22). The van der Waals surface area contributed by atoms with E-state index in [9.17, 15) is 19.8 Å². The lowest BCUT2D eigenvalue weighted by atomic mass is 10.1. The minimum Gasteiger partial charge on any atom is -0.508 e. The summed E-state index contributed by atoms with van der Waals surface area (Å²) < 4.78 is 0. The smallest absolute Gasteiger partial charge is 0.255 e. The Morgan fingerprint density at radius 2 is 1.73 bits per heavy atom. The van der Waals surface area contributed by atoms with Gasteiger partial charge in [0.2, 0.25) is 0 Å². The minimum atomic E-state index is -0.439. The molecule has 0 unspecified atom stereocenters. The zero-order valence-electron chi connectivity index (χ0n) is 12.4. The van der Waals surface area contributed by atoms with Gasteiger partial charge in [-0.3, -0.25) is 9.59 Å². The number of carbonyl (C=O) groups is 2. The molecule has 2 rings (SSSR count). The highest BCUT2D eigenvalue weighted by molar-refractivity contribution is 6.06. The van der Waals surface area contributed by atoms with Crippen LogP contribution in [-0.2, 0) is 6.42 Å². The molecular formula is C17H17NO4. The van der Waals surface area contributed by atoms with Crippen LogP contribution in [0.1, 0.15) is 40.1 Å². The van der Waals surface area contributed by atoms with E-state index in [0.717, 1.165) is 0 Å². The van der Waals surface area contributed by atoms with Crippen LogP contribution >= 0.6 is 0 Å². The second-order valence-electron chi connectivity index (χ2n) is 4.94. The number of phenolic OH excluding ortho intramolecular Hbond substituents is 2. The van der Waals surface area contributed by atoms with Crippen LogP contribution in [0.25, 0.3) is 0 Å². The summed E-state index contributed by atoms with van der Waals surface area (Å²) in [6.45, 7) is 3.28. The molecule has 5 nitrogen and oxygen atoms in total. The van der Waals surface area contributed by atoms with E-state index < -0.39 is 5.91 Å². The Morgan fingerprint density at radius 3 is 2.36 bits per heavy atom. The monoisotopic (exact) mass is 299 g/mol. The molecular weight excluding hydrogens is 282 g/mol. The topological polar surface area (TPSA) is 86.6 Å². The van der Waals surface area contributed by atoms with Gasteiger partial charge in [-0.25, -0.2) is 0 Å². The molecule has 0 heterocycles. The van der Waals surface area contributed by atoms with E-state index in [1.165, 1.54) is 25.1 Å². The van der Waals surface area contributed by atoms with Gasteiger partial charge < -0.3 is 15.5 Å². The van der Waals surface area contributed by atoms with Crippen LogP contribution in [0.4, 0.5) is 5.69 Å². The lowest BCUT2D eigenvalue weighted by molar-refractivity contribution is 0.101. The fourth-order valence-corrected chi connectivity index (χ4v) is 2.08. The first-order valence-corrected chi connectivity index (χ1v) is 6.89. The van der Waals surface area contributed by atoms with Gasteiger partial charge in [0.1, 0.15) is 11.5 Å². The van der Waals surface area contributed by atoms with Crippen LogP contribution in [0.3, 0.4) is 0 Å². The molecule has 0 radical (unpaired) electrons. The predicted molar refractivity (Wildman–Crippen MR) is 83.5 cm³/mol. The summed E-state index contributed by atoms with van der Waals surface area (Å²) >= 11 is 0. The van der Waals surface area contributed by atoms with Gasteiger partial charge in [-0.15, -0.1) is 0 Å². The maximum atomic E-state index is 12.2. The molecule has 0 bridgehead atoms. The average molecular weight is 299 g/mol. The van der Waals surface area contributed by atoms with Crippen molar-refractivity contribution in [1.29, 1.82) is 0 Å². The van der Waals surface area contributed by atoms with E-state index in [1.54, 1.807) is 18.2 Å². The number of carbonyl (C=O) groups excluding carboxylic acids is 2. The second kappa shape index (κ2) is 6.30. The fraction of sp³-hybridized carbons (Fsp3) is 0.176. The molecule has 1 amide bonds. The van der Waals surface area contributed by atoms with Gasteiger partial charge in [-0.1, -0.05) is 19.1 Å². The van der Waals surface area contributed by atoms with Crippen molar-refractivity contribution in [3.05, 3.63) is 53.1 Å². The van der Waals surface area contributed by atoms with E-state index >= 15 is 0 Å². The highest BCUT2D eigenvalue weighted by atomic mass is 16.3. The number of phenols is 2. The van der Waals surface area contributed by atoms with E-state index in [1.807, 2.05) is 6.92 Å². The Balaban J connectivity index is 2.29. The Morgan fingerprint density at radius 1 is 1.05 bits per heavy atom. The van der Waals surface area contributed by atoms with E-state index in [-0.39, 0.29) is 23.0 Å². The van der Waals surface area contributed by atoms with Crippen LogP contribution in [0, 0.1) is 0 Å². The maximum absolute atomic E-state index is 12.2. The van der Waals surface area contributed by atoms with Crippen LogP contribution in [0.5, 0.6) is 11.5 Å². The number of nitrogens with one attached hydrogen (secondary N) is 1. The third-order valence-corrected chi connectivity index (χ3v) is 3.36. The SMILES string of the molecule is CCc1cc(NC(=O)c2cccc(C(C)=O)c2)c(O)cc1O. The molecule has 5 heteroatoms. The van der Waals surface area contributed by atoms with E-state index in [2.05, 4.69) is 5.32 Å². The van der Waals surface area contributed by atoms with Gasteiger partial charge in [0.25, 0.3) is 5.91 Å². The van der Waals surface area contributed by atoms with Crippen molar-refractivity contribution in [2.45, 2.75) is 20.3 Å². The van der Waals surface area contributed by atoms with Crippen LogP contribution in [0.2, 0.25) is 0 Å². The molecule has 0 saturated carbocycles. The summed E-state index contributed by atoms with van der Waals surface area (Å²) in [7, 11) is 0. The summed E-state index contributed by atoms with van der Waals surface area (Å²) in [4.78, 5) is 23.6. The molecule has 0 aliphatic carbocycles. The number of benzene rings is 2. The Kier molecular flexibility index (Phi) is 4.46. The Bertz CT molecular complexity index is 737. The second-order valence-corrected chi connectivity index (χ2v) is 4.94. The summed E-state index contributed by atoms with van der Waals surface area (Å²) in [6, 6.07) is 9.06. The van der Waals surface area contributed by atoms with Crippen molar-refractivity contribution in [1.82, 2.24) is 0 Å². The predicted octanol–water partition coefficient (Wildman–Crippen LogP) is 3.12. The third kappa shape index (κ3) is 3.25. The minimum absolute atomic E-state index is 0.0171. The number of hydrogen-bond donors (Lipinski definition) is 3. The van der Waals surface area contributed by atoms with Crippen molar-refractivity contribution >= 4 is 17.4 Å². The molecule has 0 saturated heterocycles. The highest BCUT2D eigenvalue weighted by Gasteiger charge is 2.13. The molecule has 0 aliphatic heterocycles. The quantitative estimate of drug-likeness (QED) is 0.460. The molecule has 22 heavy (non-hydrogen) atoms. The zero-order chi connectivity index (χ0) is 16.3. The van der Waals surface area contributed by atoms with Crippen molar-refractivity contribution in [3.8, 4) is 11.5 Å². The zero-order valence-corrected chi connectivity index (χ0v) is 12.4. The number of aromatic hydroxyl groups is 2. The van der Waals surface area contributed by atoms with Gasteiger partial charge >= 0.3 is 0 Å². The number of Topliss-reactive ketones (excluding diaryl/α,β-unsaturated/α-hetero) is 1. The van der Waals surface area contributed by atoms with Crippen molar-refractivity contribution < 1.29 is 19.8 Å². The van der Waals surface area contributed by atoms with E-state index in [4.69, 9.17) is 0 Å². The van der Waals surface area contributed by atoms with Crippen molar-refractivity contribution in [2.24, 2.45) is 0 Å². The van der Waals surface area contributed by atoms with Gasteiger partial charge in [0, 0.05) is 17.2 Å². The molecule has 2 aromatic rings. The summed E-state index contributed by atoms with van der Waals surface area (Å²) in [6.07, 6.45) is 0.564. The van der Waals surface area contributed by atoms with Gasteiger partial charge in [0.05, 0.1) is 5.69 Å². The maximum Gasteiger partial charge on any atom is 0.255 e. The van der Waals surface area contributed by atoms with E-state index in [0.29, 0.717) is 23.1 Å². The lowest BCUT2D eigenvalue weighted by Gasteiger charge is -2.11. The van der Waals surface area contributed by atoms with Crippen LogP contribution in [-0.4, -0.2) is 21.9 Å². The summed E-state index contributed by atoms with van der Waals surface area (Å²) in [5, 5.41) is 22.1. The van der Waals surface area contributed by atoms with Gasteiger partial charge in [-0.05, 0) is 37.1 Å². The first kappa shape index (κ1) is 15.6. The highest BCUT2D eigenvalue weighted by Crippen LogP contribution is 2.32. The normalized spacial score (nSPS) is 10.3. The first-order chi connectivity index (χ1) is 10.4. The Hall–Kier alpha value is -2.82. The average Bonchev–Trinajstić information content (AvgIpc) is 2.50. The fourth-order valence-electron chi connectivity index (χ4n) is 2.08. The number of anilines is 1.